The van der Waals surface area contributed by atoms with Crippen LogP contribution < -0.4 is 5.32 Å². The maximum absolute atomic E-state index is 14.4. The normalized spacial score (nSPS) is 11.5. The molecule has 0 heterocycles. The van der Waals surface area contributed by atoms with Crippen molar-refractivity contribution in [2.45, 2.75) is 19.6 Å². The molecular weight excluding hydrogens is 342 g/mol. The average molecular weight is 358 g/mol. The highest BCUT2D eigenvalue weighted by Crippen LogP contribution is 2.26. The zero-order valence-electron chi connectivity index (χ0n) is 14.0. The van der Waals surface area contributed by atoms with Gasteiger partial charge in [0.05, 0.1) is 22.8 Å². The lowest BCUT2D eigenvalue weighted by molar-refractivity contribution is -0.133. The van der Waals surface area contributed by atoms with Gasteiger partial charge in [0.15, 0.2) is 12.4 Å². The lowest BCUT2D eigenvalue weighted by Gasteiger charge is -2.19. The summed E-state index contributed by atoms with van der Waals surface area (Å²) >= 11 is 0. The summed E-state index contributed by atoms with van der Waals surface area (Å²) < 4.78 is 33.7. The Balaban J connectivity index is 2.22. The number of carbonyl (C=O) groups excluding carboxylic acids is 2. The van der Waals surface area contributed by atoms with E-state index in [4.69, 9.17) is 10.00 Å². The molecule has 1 N–H and O–H groups in total. The van der Waals surface area contributed by atoms with Crippen molar-refractivity contribution >= 4 is 12.2 Å². The predicted octanol–water partition coefficient (Wildman–Crippen LogP) is 3.04. The van der Waals surface area contributed by atoms with Crippen LogP contribution in [0.3, 0.4) is 0 Å². The summed E-state index contributed by atoms with van der Waals surface area (Å²) in [6, 6.07) is 10.4. The molecule has 0 saturated heterocycles. The first kappa shape index (κ1) is 19.2. The van der Waals surface area contributed by atoms with Crippen LogP contribution in [0.25, 0.3) is 0 Å². The number of amides is 1. The maximum atomic E-state index is 14.4. The Kier molecular flexibility index (Phi) is 6.53. The second-order valence-electron chi connectivity index (χ2n) is 5.34. The highest BCUT2D eigenvalue weighted by molar-refractivity contribution is 5.83. The number of benzene rings is 2. The van der Waals surface area contributed by atoms with Crippen LogP contribution in [-0.4, -0.2) is 18.8 Å². The minimum atomic E-state index is -1.53. The van der Waals surface area contributed by atoms with Crippen LogP contribution >= 0.6 is 0 Å². The lowest BCUT2D eigenvalue weighted by Crippen LogP contribution is -2.32. The number of ether oxygens (including phenoxy) is 1. The zero-order valence-corrected chi connectivity index (χ0v) is 14.0. The number of carbonyl (C=O) groups is 2. The van der Waals surface area contributed by atoms with E-state index in [1.807, 2.05) is 6.07 Å². The third kappa shape index (κ3) is 4.29. The minimum absolute atomic E-state index is 0.0408. The van der Waals surface area contributed by atoms with Crippen LogP contribution in [0.5, 0.6) is 0 Å². The molecule has 0 aliphatic carbocycles. The Bertz CT molecular complexity index is 845. The Hall–Kier alpha value is -3.11. The van der Waals surface area contributed by atoms with Gasteiger partial charge in [0.1, 0.15) is 11.6 Å². The molecular formula is C19H16F2N2O3. The first-order valence-electron chi connectivity index (χ1n) is 7.83. The smallest absolute Gasteiger partial charge is 0.254 e. The molecule has 0 fully saturated rings. The molecule has 0 radical (unpaired) electrons. The lowest BCUT2D eigenvalue weighted by atomic mass is 10.0. The van der Waals surface area contributed by atoms with Gasteiger partial charge in [0, 0.05) is 13.2 Å². The van der Waals surface area contributed by atoms with Crippen molar-refractivity contribution in [1.29, 1.82) is 5.26 Å². The standard InChI is InChI=1S/C19H16F2N2O3/c1-2-26-18(16-15(20)8-7-14(11-24)17(16)21)19(25)23-10-13-5-3-12(9-22)4-6-13/h3-8,11,18H,2,10H2,1H3,(H,23,25). The molecule has 1 atom stereocenters. The molecule has 0 bridgehead atoms. The summed E-state index contributed by atoms with van der Waals surface area (Å²) in [6.07, 6.45) is -1.28. The van der Waals surface area contributed by atoms with E-state index in [9.17, 15) is 18.4 Å². The van der Waals surface area contributed by atoms with Crippen molar-refractivity contribution in [3.05, 3.63) is 70.3 Å². The molecule has 2 aromatic rings. The van der Waals surface area contributed by atoms with Crippen molar-refractivity contribution in [1.82, 2.24) is 5.32 Å². The molecule has 0 aliphatic heterocycles. The predicted molar refractivity (Wildman–Crippen MR) is 89.1 cm³/mol. The quantitative estimate of drug-likeness (QED) is 0.772. The summed E-state index contributed by atoms with van der Waals surface area (Å²) in [5.74, 6) is -2.83. The van der Waals surface area contributed by atoms with Gasteiger partial charge < -0.3 is 10.1 Å². The van der Waals surface area contributed by atoms with Gasteiger partial charge in [-0.3, -0.25) is 9.59 Å². The van der Waals surface area contributed by atoms with Gasteiger partial charge >= 0.3 is 0 Å². The third-order valence-corrected chi connectivity index (χ3v) is 3.67. The van der Waals surface area contributed by atoms with Crippen LogP contribution in [0.1, 0.15) is 40.1 Å². The van der Waals surface area contributed by atoms with E-state index in [2.05, 4.69) is 5.32 Å². The van der Waals surface area contributed by atoms with Gasteiger partial charge in [-0.25, -0.2) is 8.78 Å². The van der Waals surface area contributed by atoms with E-state index < -0.39 is 29.2 Å². The number of hydrogen-bond donors (Lipinski definition) is 1. The summed E-state index contributed by atoms with van der Waals surface area (Å²) in [4.78, 5) is 23.3. The molecule has 2 aromatic carbocycles. The fourth-order valence-corrected chi connectivity index (χ4v) is 2.35. The van der Waals surface area contributed by atoms with Crippen LogP contribution in [0.2, 0.25) is 0 Å². The van der Waals surface area contributed by atoms with E-state index in [-0.39, 0.29) is 25.0 Å². The summed E-state index contributed by atoms with van der Waals surface area (Å²) in [7, 11) is 0. The van der Waals surface area contributed by atoms with Gasteiger partial charge in [-0.15, -0.1) is 0 Å². The number of nitrogens with zero attached hydrogens (tertiary/aromatic N) is 1. The monoisotopic (exact) mass is 358 g/mol. The number of halogens is 2. The van der Waals surface area contributed by atoms with Crippen LogP contribution in [0.15, 0.2) is 36.4 Å². The van der Waals surface area contributed by atoms with Crippen molar-refractivity contribution in [3.63, 3.8) is 0 Å². The molecule has 0 saturated carbocycles. The fraction of sp³-hybridized carbons (Fsp3) is 0.211. The Labute approximate surface area is 149 Å². The van der Waals surface area contributed by atoms with Crippen molar-refractivity contribution in [2.75, 3.05) is 6.61 Å². The molecule has 2 rings (SSSR count). The Morgan fingerprint density at radius 2 is 1.96 bits per heavy atom. The average Bonchev–Trinajstić information content (AvgIpc) is 2.66. The molecule has 7 heteroatoms. The Morgan fingerprint density at radius 3 is 2.54 bits per heavy atom. The van der Waals surface area contributed by atoms with E-state index in [1.54, 1.807) is 31.2 Å². The van der Waals surface area contributed by atoms with E-state index in [1.165, 1.54) is 0 Å². The molecule has 134 valence electrons. The second kappa shape index (κ2) is 8.83. The molecule has 5 nitrogen and oxygen atoms in total. The first-order valence-corrected chi connectivity index (χ1v) is 7.83. The topological polar surface area (TPSA) is 79.2 Å². The van der Waals surface area contributed by atoms with E-state index in [0.29, 0.717) is 11.1 Å². The molecule has 0 aliphatic rings. The maximum Gasteiger partial charge on any atom is 0.254 e. The summed E-state index contributed by atoms with van der Waals surface area (Å²) in [5.41, 5.74) is 0.219. The van der Waals surface area contributed by atoms with Crippen molar-refractivity contribution in [2.24, 2.45) is 0 Å². The number of aldehydes is 1. The van der Waals surface area contributed by atoms with Crippen LogP contribution in [0.4, 0.5) is 8.78 Å². The van der Waals surface area contributed by atoms with Gasteiger partial charge in [0.2, 0.25) is 0 Å². The van der Waals surface area contributed by atoms with Gasteiger partial charge in [-0.05, 0) is 36.8 Å². The van der Waals surface area contributed by atoms with Gasteiger partial charge in [-0.1, -0.05) is 12.1 Å². The van der Waals surface area contributed by atoms with Gasteiger partial charge in [-0.2, -0.15) is 5.26 Å². The Morgan fingerprint density at radius 1 is 1.27 bits per heavy atom. The zero-order chi connectivity index (χ0) is 19.1. The molecule has 0 spiro atoms. The second-order valence-corrected chi connectivity index (χ2v) is 5.34. The third-order valence-electron chi connectivity index (χ3n) is 3.67. The fourth-order valence-electron chi connectivity index (χ4n) is 2.35. The van der Waals surface area contributed by atoms with Crippen LogP contribution in [0, 0.1) is 23.0 Å². The SMILES string of the molecule is CCOC(C(=O)NCc1ccc(C#N)cc1)c1c(F)ccc(C=O)c1F. The van der Waals surface area contributed by atoms with Gasteiger partial charge in [0.25, 0.3) is 5.91 Å². The van der Waals surface area contributed by atoms with Crippen molar-refractivity contribution < 1.29 is 23.1 Å². The van der Waals surface area contributed by atoms with Crippen molar-refractivity contribution in [3.8, 4) is 6.07 Å². The first-order chi connectivity index (χ1) is 12.5. The number of nitrogens with one attached hydrogen (secondary N) is 1. The summed E-state index contributed by atoms with van der Waals surface area (Å²) in [5, 5.41) is 11.3. The minimum Gasteiger partial charge on any atom is -0.364 e. The largest absolute Gasteiger partial charge is 0.364 e. The number of hydrogen-bond acceptors (Lipinski definition) is 4. The number of rotatable bonds is 7. The summed E-state index contributed by atoms with van der Waals surface area (Å²) in [6.45, 7) is 1.71. The molecule has 0 aromatic heterocycles. The molecule has 1 unspecified atom stereocenters. The molecule has 1 amide bonds. The highest BCUT2D eigenvalue weighted by atomic mass is 19.1. The van der Waals surface area contributed by atoms with Crippen LogP contribution in [-0.2, 0) is 16.1 Å². The number of nitriles is 1. The van der Waals surface area contributed by atoms with E-state index in [0.717, 1.165) is 12.1 Å². The van der Waals surface area contributed by atoms with E-state index >= 15 is 0 Å². The molecule has 26 heavy (non-hydrogen) atoms. The highest BCUT2D eigenvalue weighted by Gasteiger charge is 2.29.